The largest absolute Gasteiger partial charge is 0.329 e. The number of hydrogen-bond donors (Lipinski definition) is 2. The van der Waals surface area contributed by atoms with E-state index in [-0.39, 0.29) is 5.91 Å². The van der Waals surface area contributed by atoms with Gasteiger partial charge in [-0.15, -0.1) is 0 Å². The predicted octanol–water partition coefficient (Wildman–Crippen LogP) is 3.12. The lowest BCUT2D eigenvalue weighted by Gasteiger charge is -2.10. The molecule has 0 unspecified atom stereocenters. The van der Waals surface area contributed by atoms with E-state index in [0.717, 1.165) is 16.8 Å². The van der Waals surface area contributed by atoms with Gasteiger partial charge in [-0.25, -0.2) is 0 Å². The highest BCUT2D eigenvalue weighted by molar-refractivity contribution is 6.05. The Bertz CT molecular complexity index is 633. The molecule has 2 rings (SSSR count). The number of rotatable bonds is 4. The Labute approximate surface area is 117 Å². The summed E-state index contributed by atoms with van der Waals surface area (Å²) in [6.07, 6.45) is 0.602. The third kappa shape index (κ3) is 3.03. The summed E-state index contributed by atoms with van der Waals surface area (Å²) in [5.41, 5.74) is 4.20. The van der Waals surface area contributed by atoms with Crippen molar-refractivity contribution in [1.29, 1.82) is 0 Å². The van der Waals surface area contributed by atoms with Gasteiger partial charge in [0.2, 0.25) is 6.41 Å². The van der Waals surface area contributed by atoms with Crippen molar-refractivity contribution in [2.45, 2.75) is 13.8 Å². The number of benzene rings is 2. The first-order valence-electron chi connectivity index (χ1n) is 6.29. The van der Waals surface area contributed by atoms with Gasteiger partial charge in [-0.2, -0.15) is 0 Å². The van der Waals surface area contributed by atoms with Crippen LogP contribution in [0.1, 0.15) is 21.5 Å². The van der Waals surface area contributed by atoms with Crippen LogP contribution in [-0.4, -0.2) is 12.3 Å². The molecule has 0 aliphatic heterocycles. The third-order valence-electron chi connectivity index (χ3n) is 3.23. The number of aryl methyl sites for hydroxylation is 1. The van der Waals surface area contributed by atoms with Crippen LogP contribution < -0.4 is 10.6 Å². The van der Waals surface area contributed by atoms with E-state index in [0.29, 0.717) is 17.7 Å². The first-order valence-corrected chi connectivity index (χ1v) is 6.29. The maximum Gasteiger partial charge on any atom is 0.255 e. The third-order valence-corrected chi connectivity index (χ3v) is 3.23. The van der Waals surface area contributed by atoms with Crippen molar-refractivity contribution in [3.63, 3.8) is 0 Å². The summed E-state index contributed by atoms with van der Waals surface area (Å²) in [4.78, 5) is 22.5. The summed E-state index contributed by atoms with van der Waals surface area (Å²) in [7, 11) is 0. The van der Waals surface area contributed by atoms with Crippen molar-refractivity contribution in [2.24, 2.45) is 0 Å². The van der Waals surface area contributed by atoms with Crippen LogP contribution >= 0.6 is 0 Å². The second kappa shape index (κ2) is 6.02. The van der Waals surface area contributed by atoms with Gasteiger partial charge >= 0.3 is 0 Å². The molecule has 0 spiro atoms. The van der Waals surface area contributed by atoms with Gasteiger partial charge in [0.25, 0.3) is 5.91 Å². The minimum absolute atomic E-state index is 0.170. The average Bonchev–Trinajstić information content (AvgIpc) is 2.45. The Balaban J connectivity index is 2.15. The van der Waals surface area contributed by atoms with Crippen LogP contribution in [0.4, 0.5) is 11.4 Å². The molecule has 4 nitrogen and oxygen atoms in total. The van der Waals surface area contributed by atoms with E-state index in [1.165, 1.54) is 0 Å². The van der Waals surface area contributed by atoms with Gasteiger partial charge in [0, 0.05) is 16.9 Å². The highest BCUT2D eigenvalue weighted by atomic mass is 16.1. The number of anilines is 2. The SMILES string of the molecule is Cc1cccc(NC(=O)c2ccc(NC=O)cc2)c1C. The molecule has 2 amide bonds. The highest BCUT2D eigenvalue weighted by Crippen LogP contribution is 2.19. The molecule has 0 fully saturated rings. The topological polar surface area (TPSA) is 58.2 Å². The van der Waals surface area contributed by atoms with E-state index in [1.54, 1.807) is 24.3 Å². The Kier molecular flexibility index (Phi) is 4.15. The first-order chi connectivity index (χ1) is 9.61. The number of nitrogens with one attached hydrogen (secondary N) is 2. The van der Waals surface area contributed by atoms with Gasteiger partial charge in [0.05, 0.1) is 0 Å². The van der Waals surface area contributed by atoms with Crippen molar-refractivity contribution in [1.82, 2.24) is 0 Å². The molecule has 0 radical (unpaired) electrons. The van der Waals surface area contributed by atoms with Crippen molar-refractivity contribution in [3.8, 4) is 0 Å². The van der Waals surface area contributed by atoms with Gasteiger partial charge in [-0.05, 0) is 55.3 Å². The van der Waals surface area contributed by atoms with Crippen LogP contribution in [0.15, 0.2) is 42.5 Å². The minimum Gasteiger partial charge on any atom is -0.329 e. The lowest BCUT2D eigenvalue weighted by molar-refractivity contribution is -0.105. The van der Waals surface area contributed by atoms with E-state index in [9.17, 15) is 9.59 Å². The van der Waals surface area contributed by atoms with E-state index in [1.807, 2.05) is 32.0 Å². The fraction of sp³-hybridized carbons (Fsp3) is 0.125. The molecule has 0 atom stereocenters. The molecule has 0 aromatic heterocycles. The van der Waals surface area contributed by atoms with Crippen LogP contribution in [0.2, 0.25) is 0 Å². The molecule has 0 bridgehead atoms. The van der Waals surface area contributed by atoms with Crippen LogP contribution in [0.25, 0.3) is 0 Å². The second-order valence-electron chi connectivity index (χ2n) is 4.54. The Morgan fingerprint density at radius 1 is 1.05 bits per heavy atom. The summed E-state index contributed by atoms with van der Waals surface area (Å²) in [5.74, 6) is -0.170. The molecule has 2 N–H and O–H groups in total. The fourth-order valence-electron chi connectivity index (χ4n) is 1.87. The monoisotopic (exact) mass is 268 g/mol. The van der Waals surface area contributed by atoms with Crippen molar-refractivity contribution >= 4 is 23.7 Å². The van der Waals surface area contributed by atoms with E-state index >= 15 is 0 Å². The molecule has 0 saturated heterocycles. The smallest absolute Gasteiger partial charge is 0.255 e. The lowest BCUT2D eigenvalue weighted by Crippen LogP contribution is -2.13. The normalized spacial score (nSPS) is 9.90. The molecule has 20 heavy (non-hydrogen) atoms. The Morgan fingerprint density at radius 2 is 1.75 bits per heavy atom. The van der Waals surface area contributed by atoms with E-state index < -0.39 is 0 Å². The number of carbonyl (C=O) groups excluding carboxylic acids is 2. The molecule has 0 saturated carbocycles. The molecule has 0 heterocycles. The zero-order valence-electron chi connectivity index (χ0n) is 11.4. The quantitative estimate of drug-likeness (QED) is 0.837. The highest BCUT2D eigenvalue weighted by Gasteiger charge is 2.08. The molecule has 4 heteroatoms. The summed E-state index contributed by atoms with van der Waals surface area (Å²) in [6, 6.07) is 12.5. The van der Waals surface area contributed by atoms with Gasteiger partial charge in [-0.1, -0.05) is 12.1 Å². The van der Waals surface area contributed by atoms with Crippen molar-refractivity contribution < 1.29 is 9.59 Å². The lowest BCUT2D eigenvalue weighted by atomic mass is 10.1. The van der Waals surface area contributed by atoms with Crippen molar-refractivity contribution in [3.05, 3.63) is 59.2 Å². The van der Waals surface area contributed by atoms with Gasteiger partial charge in [-0.3, -0.25) is 9.59 Å². The second-order valence-corrected chi connectivity index (χ2v) is 4.54. The molecule has 2 aromatic rings. The zero-order chi connectivity index (χ0) is 14.5. The summed E-state index contributed by atoms with van der Waals surface area (Å²) >= 11 is 0. The number of amides is 2. The molecule has 0 aliphatic carbocycles. The maximum absolute atomic E-state index is 12.1. The van der Waals surface area contributed by atoms with Crippen molar-refractivity contribution in [2.75, 3.05) is 10.6 Å². The van der Waals surface area contributed by atoms with E-state index in [2.05, 4.69) is 10.6 Å². The summed E-state index contributed by atoms with van der Waals surface area (Å²) in [6.45, 7) is 3.98. The molecular formula is C16H16N2O2. The van der Waals surface area contributed by atoms with Crippen LogP contribution in [0, 0.1) is 13.8 Å². The summed E-state index contributed by atoms with van der Waals surface area (Å²) in [5, 5.41) is 5.42. The molecule has 2 aromatic carbocycles. The van der Waals surface area contributed by atoms with Gasteiger partial charge < -0.3 is 10.6 Å². The molecule has 0 aliphatic rings. The van der Waals surface area contributed by atoms with Crippen LogP contribution in [-0.2, 0) is 4.79 Å². The van der Waals surface area contributed by atoms with Gasteiger partial charge in [0.15, 0.2) is 0 Å². The fourth-order valence-corrected chi connectivity index (χ4v) is 1.87. The maximum atomic E-state index is 12.1. The molecule has 102 valence electrons. The Hall–Kier alpha value is -2.62. The van der Waals surface area contributed by atoms with Crippen LogP contribution in [0.5, 0.6) is 0 Å². The average molecular weight is 268 g/mol. The predicted molar refractivity (Wildman–Crippen MR) is 80.0 cm³/mol. The van der Waals surface area contributed by atoms with Crippen LogP contribution in [0.3, 0.4) is 0 Å². The number of carbonyl (C=O) groups is 2. The number of hydrogen-bond acceptors (Lipinski definition) is 2. The first kappa shape index (κ1) is 13.8. The Morgan fingerprint density at radius 3 is 2.40 bits per heavy atom. The van der Waals surface area contributed by atoms with E-state index in [4.69, 9.17) is 0 Å². The standard InChI is InChI=1S/C16H16N2O2/c1-11-4-3-5-15(12(11)2)18-16(20)13-6-8-14(9-7-13)17-10-19/h3-10H,1-2H3,(H,17,19)(H,18,20). The van der Waals surface area contributed by atoms with Gasteiger partial charge in [0.1, 0.15) is 0 Å². The summed E-state index contributed by atoms with van der Waals surface area (Å²) < 4.78 is 0. The minimum atomic E-state index is -0.170. The zero-order valence-corrected chi connectivity index (χ0v) is 11.4. The molecular weight excluding hydrogens is 252 g/mol.